The molecule has 0 amide bonds. The van der Waals surface area contributed by atoms with Crippen molar-refractivity contribution in [3.05, 3.63) is 0 Å². The highest BCUT2D eigenvalue weighted by Crippen LogP contribution is 2.26. The maximum Gasteiger partial charge on any atom is 0.155 e. The minimum absolute atomic E-state index is 0.416. The van der Waals surface area contributed by atoms with E-state index in [0.717, 1.165) is 13.1 Å². The fourth-order valence-electron chi connectivity index (χ4n) is 1.97. The van der Waals surface area contributed by atoms with Gasteiger partial charge in [0, 0.05) is 18.8 Å². The van der Waals surface area contributed by atoms with Gasteiger partial charge in [-0.1, -0.05) is 13.8 Å². The molecule has 12 heavy (non-hydrogen) atoms. The van der Waals surface area contributed by atoms with Crippen molar-refractivity contribution in [2.24, 2.45) is 5.41 Å². The van der Waals surface area contributed by atoms with E-state index in [9.17, 15) is 0 Å². The first-order valence-electron chi connectivity index (χ1n) is 4.49. The third-order valence-electron chi connectivity index (χ3n) is 2.39. The molecule has 2 nitrogen and oxygen atoms in total. The minimum atomic E-state index is 0.416. The molecule has 1 aliphatic rings. The Hall–Kier alpha value is -0.840. The lowest BCUT2D eigenvalue weighted by molar-refractivity contribution is -0.528. The molecule has 0 fully saturated rings. The molecule has 0 aromatic heterocycles. The molecule has 0 aliphatic carbocycles. The van der Waals surface area contributed by atoms with Gasteiger partial charge in [-0.2, -0.15) is 5.26 Å². The zero-order valence-electron chi connectivity index (χ0n) is 8.22. The Bertz CT molecular complexity index is 243. The molecule has 0 unspecified atom stereocenters. The van der Waals surface area contributed by atoms with Gasteiger partial charge in [-0.3, -0.25) is 0 Å². The van der Waals surface area contributed by atoms with Gasteiger partial charge in [0.2, 0.25) is 0 Å². The van der Waals surface area contributed by atoms with Crippen molar-refractivity contribution in [2.75, 3.05) is 13.1 Å². The number of hydrogen-bond acceptors (Lipinski definition) is 1. The normalized spacial score (nSPS) is 21.2. The number of nitriles is 1. The van der Waals surface area contributed by atoms with Crippen molar-refractivity contribution in [3.63, 3.8) is 0 Å². The van der Waals surface area contributed by atoms with Crippen LogP contribution in [0, 0.1) is 16.7 Å². The van der Waals surface area contributed by atoms with Gasteiger partial charge in [-0.15, -0.1) is 0 Å². The van der Waals surface area contributed by atoms with Crippen LogP contribution >= 0.6 is 0 Å². The Morgan fingerprint density at radius 1 is 1.58 bits per heavy atom. The maximum atomic E-state index is 8.46. The maximum absolute atomic E-state index is 8.46. The molecule has 0 aromatic carbocycles. The van der Waals surface area contributed by atoms with Gasteiger partial charge in [-0.05, 0) is 0 Å². The molecule has 66 valence electrons. The number of hydrogen-bond donors (Lipinski definition) is 0. The summed E-state index contributed by atoms with van der Waals surface area (Å²) in [5.41, 5.74) is 1.86. The molecule has 1 rings (SSSR count). The summed E-state index contributed by atoms with van der Waals surface area (Å²) in [5, 5.41) is 8.46. The van der Waals surface area contributed by atoms with Crippen LogP contribution in [0.5, 0.6) is 0 Å². The Labute approximate surface area is 74.5 Å². The Balaban J connectivity index is 2.56. The predicted molar refractivity (Wildman–Crippen MR) is 49.3 cm³/mol. The third-order valence-corrected chi connectivity index (χ3v) is 2.39. The monoisotopic (exact) mass is 165 g/mol. The molecule has 0 radical (unpaired) electrons. The molecule has 0 saturated carbocycles. The lowest BCUT2D eigenvalue weighted by atomic mass is 9.91. The standard InChI is InChI=1S/C10H17N2/c1-9-7-10(2,3)8-12(9)6-4-5-11/h4,6-8H2,1-3H3/q+1. The summed E-state index contributed by atoms with van der Waals surface area (Å²) in [6.45, 7) is 8.75. The van der Waals surface area contributed by atoms with Crippen LogP contribution < -0.4 is 0 Å². The first kappa shape index (κ1) is 9.25. The molecule has 0 N–H and O–H groups in total. The van der Waals surface area contributed by atoms with E-state index in [1.807, 2.05) is 0 Å². The molecule has 0 atom stereocenters. The second-order valence-electron chi connectivity index (χ2n) is 4.41. The Kier molecular flexibility index (Phi) is 2.52. The summed E-state index contributed by atoms with van der Waals surface area (Å²) in [4.78, 5) is 0. The van der Waals surface area contributed by atoms with Crippen LogP contribution in [0.2, 0.25) is 0 Å². The molecule has 2 heteroatoms. The average Bonchev–Trinajstić information content (AvgIpc) is 2.20. The van der Waals surface area contributed by atoms with Gasteiger partial charge in [0.15, 0.2) is 6.54 Å². The summed E-state index contributed by atoms with van der Waals surface area (Å²) in [7, 11) is 0. The highest BCUT2D eigenvalue weighted by Gasteiger charge is 2.34. The fourth-order valence-corrected chi connectivity index (χ4v) is 1.97. The summed E-state index contributed by atoms with van der Waals surface area (Å²) in [6.07, 6.45) is 1.83. The van der Waals surface area contributed by atoms with Gasteiger partial charge in [0.1, 0.15) is 12.3 Å². The van der Waals surface area contributed by atoms with Crippen LogP contribution in [0.4, 0.5) is 0 Å². The first-order valence-corrected chi connectivity index (χ1v) is 4.49. The summed E-state index contributed by atoms with van der Waals surface area (Å²) in [5.74, 6) is 0. The largest absolute Gasteiger partial charge is 0.236 e. The summed E-state index contributed by atoms with van der Waals surface area (Å²) >= 11 is 0. The summed E-state index contributed by atoms with van der Waals surface area (Å²) in [6, 6.07) is 2.19. The zero-order valence-corrected chi connectivity index (χ0v) is 8.22. The van der Waals surface area contributed by atoms with Crippen molar-refractivity contribution >= 4 is 5.71 Å². The first-order chi connectivity index (χ1) is 5.55. The highest BCUT2D eigenvalue weighted by atomic mass is 15.0. The zero-order chi connectivity index (χ0) is 9.19. The van der Waals surface area contributed by atoms with Crippen molar-refractivity contribution in [3.8, 4) is 6.07 Å². The second kappa shape index (κ2) is 3.26. The minimum Gasteiger partial charge on any atom is -0.236 e. The van der Waals surface area contributed by atoms with Gasteiger partial charge >= 0.3 is 0 Å². The van der Waals surface area contributed by atoms with Crippen molar-refractivity contribution in [1.82, 2.24) is 0 Å². The van der Waals surface area contributed by atoms with Gasteiger partial charge in [0.25, 0.3) is 0 Å². The predicted octanol–water partition coefficient (Wildman–Crippen LogP) is 1.80. The molecule has 0 aromatic rings. The van der Waals surface area contributed by atoms with Gasteiger partial charge < -0.3 is 0 Å². The van der Waals surface area contributed by atoms with E-state index in [1.54, 1.807) is 0 Å². The Morgan fingerprint density at radius 2 is 2.25 bits per heavy atom. The molecule has 1 heterocycles. The molecule has 1 aliphatic heterocycles. The second-order valence-corrected chi connectivity index (χ2v) is 4.41. The van der Waals surface area contributed by atoms with Gasteiger partial charge in [0.05, 0.1) is 12.5 Å². The quantitative estimate of drug-likeness (QED) is 0.573. The van der Waals surface area contributed by atoms with E-state index in [4.69, 9.17) is 5.26 Å². The van der Waals surface area contributed by atoms with Crippen LogP contribution in [-0.2, 0) is 0 Å². The topological polar surface area (TPSA) is 26.8 Å². The molecule has 0 spiro atoms. The molecule has 0 saturated heterocycles. The smallest absolute Gasteiger partial charge is 0.155 e. The highest BCUT2D eigenvalue weighted by molar-refractivity contribution is 5.78. The molecular weight excluding hydrogens is 148 g/mol. The lowest BCUT2D eigenvalue weighted by Crippen LogP contribution is -2.20. The van der Waals surface area contributed by atoms with E-state index in [1.165, 1.54) is 12.1 Å². The van der Waals surface area contributed by atoms with Crippen LogP contribution in [0.25, 0.3) is 0 Å². The average molecular weight is 165 g/mol. The van der Waals surface area contributed by atoms with Crippen molar-refractivity contribution in [1.29, 1.82) is 5.26 Å². The van der Waals surface area contributed by atoms with Crippen LogP contribution in [0.3, 0.4) is 0 Å². The third kappa shape index (κ3) is 2.07. The van der Waals surface area contributed by atoms with E-state index in [0.29, 0.717) is 11.8 Å². The van der Waals surface area contributed by atoms with E-state index >= 15 is 0 Å². The van der Waals surface area contributed by atoms with E-state index < -0.39 is 0 Å². The fraction of sp³-hybridized carbons (Fsp3) is 0.800. The lowest BCUT2D eigenvalue weighted by Gasteiger charge is -2.10. The Morgan fingerprint density at radius 3 is 2.67 bits per heavy atom. The molecule has 0 bridgehead atoms. The number of rotatable bonds is 2. The number of nitrogens with zero attached hydrogens (tertiary/aromatic N) is 2. The van der Waals surface area contributed by atoms with Crippen LogP contribution in [0.15, 0.2) is 0 Å². The van der Waals surface area contributed by atoms with Crippen molar-refractivity contribution < 1.29 is 4.58 Å². The van der Waals surface area contributed by atoms with Crippen molar-refractivity contribution in [2.45, 2.75) is 33.6 Å². The van der Waals surface area contributed by atoms with E-state index in [2.05, 4.69) is 31.4 Å². The van der Waals surface area contributed by atoms with Crippen LogP contribution in [-0.4, -0.2) is 23.4 Å². The van der Waals surface area contributed by atoms with Crippen LogP contribution in [0.1, 0.15) is 33.6 Å². The van der Waals surface area contributed by atoms with Gasteiger partial charge in [-0.25, -0.2) is 4.58 Å². The SMILES string of the molecule is CC1=[N+](CCC#N)CC(C)(C)C1. The summed E-state index contributed by atoms with van der Waals surface area (Å²) < 4.78 is 2.34. The van der Waals surface area contributed by atoms with E-state index in [-0.39, 0.29) is 0 Å². The molecular formula is C10H17N2+.